The first-order chi connectivity index (χ1) is 13.3. The molecule has 1 unspecified atom stereocenters. The number of hydrogen-bond acceptors (Lipinski definition) is 7. The van der Waals surface area contributed by atoms with E-state index in [2.05, 4.69) is 9.97 Å². The number of benzene rings is 1. The van der Waals surface area contributed by atoms with Crippen molar-refractivity contribution < 1.29 is 20.4 Å². The fraction of sp³-hybridized carbons (Fsp3) is 0.400. The number of fused-ring (bicyclic) bond motifs is 2. The minimum atomic E-state index is -1.54. The summed E-state index contributed by atoms with van der Waals surface area (Å²) in [4.78, 5) is 7.97. The van der Waals surface area contributed by atoms with Crippen LogP contribution in [-0.4, -0.2) is 47.2 Å². The molecule has 8 nitrogen and oxygen atoms in total. The number of aryl methyl sites for hydroxylation is 2. The van der Waals surface area contributed by atoms with Gasteiger partial charge in [0.1, 0.15) is 23.9 Å². The molecule has 0 fully saturated rings. The van der Waals surface area contributed by atoms with Crippen LogP contribution in [0.1, 0.15) is 36.3 Å². The molecule has 1 aromatic carbocycles. The number of hydrogen-bond donors (Lipinski definition) is 5. The van der Waals surface area contributed by atoms with Crippen LogP contribution in [0.25, 0.3) is 11.0 Å². The van der Waals surface area contributed by atoms with E-state index in [1.54, 1.807) is 13.0 Å². The first-order valence-corrected chi connectivity index (χ1v) is 9.24. The van der Waals surface area contributed by atoms with Crippen molar-refractivity contribution in [3.05, 3.63) is 53.5 Å². The van der Waals surface area contributed by atoms with Gasteiger partial charge in [-0.2, -0.15) is 0 Å². The first kappa shape index (κ1) is 18.8. The smallest absolute Gasteiger partial charge is 0.160 e. The van der Waals surface area contributed by atoms with Gasteiger partial charge in [-0.25, -0.2) is 9.97 Å². The molecule has 0 saturated heterocycles. The summed E-state index contributed by atoms with van der Waals surface area (Å²) >= 11 is 0. The maximum absolute atomic E-state index is 10.9. The number of aliphatic hydroxyl groups is 4. The third-order valence-corrected chi connectivity index (χ3v) is 5.62. The zero-order chi connectivity index (χ0) is 20.1. The van der Waals surface area contributed by atoms with E-state index < -0.39 is 24.0 Å². The lowest BCUT2D eigenvalue weighted by Crippen LogP contribution is -2.40. The summed E-state index contributed by atoms with van der Waals surface area (Å²) < 4.78 is 1.32. The normalized spacial score (nSPS) is 18.8. The van der Waals surface area contributed by atoms with E-state index >= 15 is 0 Å². The Hall–Kier alpha value is -2.52. The van der Waals surface area contributed by atoms with Crippen LogP contribution in [0, 0.1) is 0 Å². The lowest BCUT2D eigenvalue weighted by molar-refractivity contribution is -0.113. The van der Waals surface area contributed by atoms with Gasteiger partial charge in [0, 0.05) is 12.6 Å². The second kappa shape index (κ2) is 6.82. The fourth-order valence-corrected chi connectivity index (χ4v) is 3.74. The number of nitrogens with zero attached hydrogens (tertiary/aromatic N) is 3. The summed E-state index contributed by atoms with van der Waals surface area (Å²) in [6.45, 7) is 1.59. The molecule has 0 radical (unpaired) electrons. The summed E-state index contributed by atoms with van der Waals surface area (Å²) in [5.74, 6) is 0.259. The number of aromatic nitrogens is 3. The second-order valence-corrected chi connectivity index (χ2v) is 7.65. The van der Waals surface area contributed by atoms with Crippen LogP contribution in [0.5, 0.6) is 0 Å². The van der Waals surface area contributed by atoms with E-state index in [-0.39, 0.29) is 12.2 Å². The van der Waals surface area contributed by atoms with Crippen LogP contribution < -0.4 is 5.73 Å². The Balaban J connectivity index is 1.52. The third-order valence-electron chi connectivity index (χ3n) is 5.62. The van der Waals surface area contributed by atoms with Gasteiger partial charge in [-0.1, -0.05) is 18.2 Å². The highest BCUT2D eigenvalue weighted by Crippen LogP contribution is 2.33. The summed E-state index contributed by atoms with van der Waals surface area (Å²) in [5.41, 5.74) is 7.94. The van der Waals surface area contributed by atoms with Crippen LogP contribution in [0.2, 0.25) is 0 Å². The van der Waals surface area contributed by atoms with Crippen molar-refractivity contribution in [2.75, 3.05) is 5.73 Å². The van der Waals surface area contributed by atoms with E-state index in [4.69, 9.17) is 5.73 Å². The average Bonchev–Trinajstić information content (AvgIpc) is 3.06. The minimum Gasteiger partial charge on any atom is -0.390 e. The zero-order valence-corrected chi connectivity index (χ0v) is 15.5. The third kappa shape index (κ3) is 3.14. The average molecular weight is 384 g/mol. The van der Waals surface area contributed by atoms with E-state index in [0.29, 0.717) is 16.6 Å². The van der Waals surface area contributed by atoms with E-state index in [1.807, 2.05) is 18.2 Å². The number of nitrogen functional groups attached to an aromatic ring is 1. The van der Waals surface area contributed by atoms with Crippen molar-refractivity contribution in [1.82, 2.24) is 14.5 Å². The van der Waals surface area contributed by atoms with Crippen molar-refractivity contribution in [3.8, 4) is 0 Å². The van der Waals surface area contributed by atoms with Gasteiger partial charge in [0.2, 0.25) is 0 Å². The van der Waals surface area contributed by atoms with Gasteiger partial charge < -0.3 is 30.7 Å². The molecule has 3 aromatic rings. The van der Waals surface area contributed by atoms with E-state index in [9.17, 15) is 20.4 Å². The molecule has 0 amide bonds. The van der Waals surface area contributed by atoms with Crippen LogP contribution in [0.4, 0.5) is 5.82 Å². The molecule has 6 N–H and O–H groups in total. The predicted octanol–water partition coefficient (Wildman–Crippen LogP) is 0.623. The number of anilines is 1. The van der Waals surface area contributed by atoms with Crippen molar-refractivity contribution in [1.29, 1.82) is 0 Å². The van der Waals surface area contributed by atoms with Crippen molar-refractivity contribution in [2.24, 2.45) is 0 Å². The number of nitrogens with two attached hydrogens (primary N) is 1. The Labute approximate surface area is 161 Å². The van der Waals surface area contributed by atoms with Crippen LogP contribution in [0.3, 0.4) is 0 Å². The minimum absolute atomic E-state index is 0.139. The monoisotopic (exact) mass is 384 g/mol. The number of rotatable bonds is 6. The molecule has 148 valence electrons. The Morgan fingerprint density at radius 3 is 2.57 bits per heavy atom. The van der Waals surface area contributed by atoms with Gasteiger partial charge in [0.05, 0.1) is 17.1 Å². The Bertz CT molecular complexity index is 1020. The van der Waals surface area contributed by atoms with Gasteiger partial charge in [-0.05, 0) is 42.5 Å². The predicted molar refractivity (Wildman–Crippen MR) is 103 cm³/mol. The maximum atomic E-state index is 10.9. The SMILES string of the molecule is C[C@](O)(CC(O)[C@@H](O)[C@@H](O)n1ccc2c(N)ncnc21)c1ccc2c(c1)CC2. The van der Waals surface area contributed by atoms with Crippen molar-refractivity contribution in [3.63, 3.8) is 0 Å². The molecule has 0 bridgehead atoms. The molecule has 2 aromatic heterocycles. The Morgan fingerprint density at radius 2 is 1.89 bits per heavy atom. The molecule has 8 heteroatoms. The lowest BCUT2D eigenvalue weighted by atomic mass is 9.81. The van der Waals surface area contributed by atoms with Gasteiger partial charge >= 0.3 is 0 Å². The molecule has 0 spiro atoms. The highest BCUT2D eigenvalue weighted by Gasteiger charge is 2.34. The molecule has 1 aliphatic rings. The summed E-state index contributed by atoms with van der Waals surface area (Å²) in [6.07, 6.45) is 0.303. The standard InChI is InChI=1S/C20H24N4O4/c1-20(28,13-5-4-11-2-3-12(11)8-13)9-15(25)16(26)19(27)24-7-6-14-17(21)22-10-23-18(14)24/h4-8,10,15-16,19,25-28H,2-3,9H2,1H3,(H2,21,22,23)/t15?,16-,19-,20+/m1/s1. The molecule has 1 aliphatic carbocycles. The number of aliphatic hydroxyl groups excluding tert-OH is 3. The van der Waals surface area contributed by atoms with Gasteiger partial charge in [-0.3, -0.25) is 0 Å². The summed E-state index contributed by atoms with van der Waals surface area (Å²) in [7, 11) is 0. The molecule has 0 aliphatic heterocycles. The summed E-state index contributed by atoms with van der Waals surface area (Å²) in [6, 6.07) is 7.39. The van der Waals surface area contributed by atoms with Crippen LogP contribution in [0.15, 0.2) is 36.8 Å². The lowest BCUT2D eigenvalue weighted by Gasteiger charge is -2.32. The molecule has 28 heavy (non-hydrogen) atoms. The Morgan fingerprint density at radius 1 is 1.14 bits per heavy atom. The molecular weight excluding hydrogens is 360 g/mol. The quantitative estimate of drug-likeness (QED) is 0.420. The molecule has 4 rings (SSSR count). The van der Waals surface area contributed by atoms with Gasteiger partial charge in [0.25, 0.3) is 0 Å². The topological polar surface area (TPSA) is 138 Å². The van der Waals surface area contributed by atoms with Crippen LogP contribution >= 0.6 is 0 Å². The van der Waals surface area contributed by atoms with Gasteiger partial charge in [0.15, 0.2) is 6.23 Å². The van der Waals surface area contributed by atoms with Crippen molar-refractivity contribution in [2.45, 2.75) is 50.2 Å². The van der Waals surface area contributed by atoms with Gasteiger partial charge in [-0.15, -0.1) is 0 Å². The molecule has 0 saturated carbocycles. The first-order valence-electron chi connectivity index (χ1n) is 9.24. The largest absolute Gasteiger partial charge is 0.390 e. The van der Waals surface area contributed by atoms with E-state index in [0.717, 1.165) is 12.8 Å². The zero-order valence-electron chi connectivity index (χ0n) is 15.5. The molecule has 4 atom stereocenters. The fourth-order valence-electron chi connectivity index (χ4n) is 3.74. The highest BCUT2D eigenvalue weighted by atomic mass is 16.4. The highest BCUT2D eigenvalue weighted by molar-refractivity contribution is 5.86. The van der Waals surface area contributed by atoms with Crippen LogP contribution in [-0.2, 0) is 18.4 Å². The second-order valence-electron chi connectivity index (χ2n) is 7.65. The molecular formula is C20H24N4O4. The maximum Gasteiger partial charge on any atom is 0.160 e. The summed E-state index contributed by atoms with van der Waals surface area (Å²) in [5, 5.41) is 43.0. The van der Waals surface area contributed by atoms with Crippen molar-refractivity contribution >= 4 is 16.9 Å². The molecule has 2 heterocycles. The van der Waals surface area contributed by atoms with E-state index in [1.165, 1.54) is 28.2 Å². The Kier molecular flexibility index (Phi) is 4.59.